The monoisotopic (exact) mass is 277 g/mol. The van der Waals surface area contributed by atoms with Gasteiger partial charge in [0, 0.05) is 18.1 Å². The molecule has 6 heteroatoms. The van der Waals surface area contributed by atoms with Gasteiger partial charge in [0.05, 0.1) is 17.1 Å². The van der Waals surface area contributed by atoms with Gasteiger partial charge in [-0.15, -0.1) is 0 Å². The molecule has 2 nitrogen and oxygen atoms in total. The summed E-state index contributed by atoms with van der Waals surface area (Å²) in [7, 11) is 0. The molecule has 0 saturated heterocycles. The van der Waals surface area contributed by atoms with Crippen LogP contribution in [0.1, 0.15) is 0 Å². The number of hydrogen-bond donors (Lipinski definition) is 0. The van der Waals surface area contributed by atoms with Gasteiger partial charge in [-0.05, 0) is 12.1 Å². The average molecular weight is 278 g/mol. The second-order valence-electron chi connectivity index (χ2n) is 3.85. The highest BCUT2D eigenvalue weighted by Gasteiger charge is 2.27. The van der Waals surface area contributed by atoms with Gasteiger partial charge in [0.25, 0.3) is 0 Å². The van der Waals surface area contributed by atoms with E-state index in [1.807, 2.05) is 18.2 Å². The Kier molecular flexibility index (Phi) is 3.82. The minimum atomic E-state index is -4.28. The van der Waals surface area contributed by atoms with Crippen LogP contribution in [0.25, 0.3) is 10.9 Å². The molecule has 0 aliphatic carbocycles. The van der Waals surface area contributed by atoms with E-state index in [2.05, 4.69) is 4.74 Å². The molecule has 0 aliphatic rings. The van der Waals surface area contributed by atoms with Gasteiger partial charge in [-0.3, -0.25) is 0 Å². The van der Waals surface area contributed by atoms with Crippen LogP contribution in [-0.4, -0.2) is 24.0 Å². The third-order valence-electron chi connectivity index (χ3n) is 2.48. The number of hydrogen-bond acceptors (Lipinski definition) is 1. The highest BCUT2D eigenvalue weighted by atomic mass is 35.5. The number of alkyl halides is 3. The molecule has 18 heavy (non-hydrogen) atoms. The Labute approximate surface area is 107 Å². The number of nitrogens with zero attached hydrogens (tertiary/aromatic N) is 1. The summed E-state index contributed by atoms with van der Waals surface area (Å²) in [5, 5.41) is 1.53. The van der Waals surface area contributed by atoms with Crippen LogP contribution in [0.5, 0.6) is 0 Å². The van der Waals surface area contributed by atoms with E-state index in [0.717, 1.165) is 10.9 Å². The van der Waals surface area contributed by atoms with E-state index < -0.39 is 12.8 Å². The molecule has 0 radical (unpaired) electrons. The quantitative estimate of drug-likeness (QED) is 0.774. The van der Waals surface area contributed by atoms with Crippen molar-refractivity contribution in [3.8, 4) is 0 Å². The van der Waals surface area contributed by atoms with E-state index >= 15 is 0 Å². The molecule has 0 fully saturated rings. The zero-order chi connectivity index (χ0) is 13.2. The normalized spacial score (nSPS) is 12.2. The number of fused-ring (bicyclic) bond motifs is 1. The van der Waals surface area contributed by atoms with Crippen molar-refractivity contribution in [3.05, 3.63) is 35.5 Å². The van der Waals surface area contributed by atoms with Crippen molar-refractivity contribution in [1.29, 1.82) is 0 Å². The molecule has 2 aromatic rings. The zero-order valence-corrected chi connectivity index (χ0v) is 10.1. The number of benzene rings is 1. The van der Waals surface area contributed by atoms with Gasteiger partial charge in [0.2, 0.25) is 0 Å². The van der Waals surface area contributed by atoms with Crippen molar-refractivity contribution in [1.82, 2.24) is 4.57 Å². The first-order valence-corrected chi connectivity index (χ1v) is 5.73. The number of ether oxygens (including phenoxy) is 1. The summed E-state index contributed by atoms with van der Waals surface area (Å²) in [6, 6.07) is 7.34. The van der Waals surface area contributed by atoms with Gasteiger partial charge in [0.15, 0.2) is 0 Å². The SMILES string of the molecule is FC(F)(F)COCCn1ccc2cccc(Cl)c21. The van der Waals surface area contributed by atoms with E-state index in [1.54, 1.807) is 16.8 Å². The number of para-hydroxylation sites is 1. The summed E-state index contributed by atoms with van der Waals surface area (Å²) < 4.78 is 42.0. The topological polar surface area (TPSA) is 14.2 Å². The van der Waals surface area contributed by atoms with Crippen LogP contribution in [0.2, 0.25) is 5.02 Å². The Morgan fingerprint density at radius 2 is 2.00 bits per heavy atom. The Hall–Kier alpha value is -1.20. The maximum atomic E-state index is 11.9. The van der Waals surface area contributed by atoms with Crippen LogP contribution in [0.3, 0.4) is 0 Å². The molecule has 0 aliphatic heterocycles. The van der Waals surface area contributed by atoms with Crippen LogP contribution in [0, 0.1) is 0 Å². The third-order valence-corrected chi connectivity index (χ3v) is 2.79. The van der Waals surface area contributed by atoms with Crippen LogP contribution in [0.15, 0.2) is 30.5 Å². The summed E-state index contributed by atoms with van der Waals surface area (Å²) in [5.41, 5.74) is 0.815. The minimum absolute atomic E-state index is 0.00544. The van der Waals surface area contributed by atoms with Gasteiger partial charge in [-0.1, -0.05) is 23.7 Å². The molecule has 98 valence electrons. The first-order valence-electron chi connectivity index (χ1n) is 5.35. The van der Waals surface area contributed by atoms with Gasteiger partial charge in [0.1, 0.15) is 6.61 Å². The van der Waals surface area contributed by atoms with E-state index in [9.17, 15) is 13.2 Å². The van der Waals surface area contributed by atoms with Gasteiger partial charge in [-0.25, -0.2) is 0 Å². The van der Waals surface area contributed by atoms with Crippen molar-refractivity contribution in [3.63, 3.8) is 0 Å². The number of rotatable bonds is 4. The first-order chi connectivity index (χ1) is 8.47. The predicted octanol–water partition coefficient (Wildman–Crippen LogP) is 3.87. The lowest BCUT2D eigenvalue weighted by Gasteiger charge is -2.09. The molecule has 0 saturated carbocycles. The number of aromatic nitrogens is 1. The molecule has 0 amide bonds. The second kappa shape index (κ2) is 5.20. The van der Waals surface area contributed by atoms with E-state index in [1.165, 1.54) is 0 Å². The standard InChI is InChI=1S/C12H11ClF3NO/c13-10-3-1-2-9-4-5-17(11(9)10)6-7-18-8-12(14,15)16/h1-5H,6-8H2. The van der Waals surface area contributed by atoms with E-state index in [4.69, 9.17) is 11.6 Å². The molecule has 1 aromatic heterocycles. The van der Waals surface area contributed by atoms with Gasteiger partial charge in [-0.2, -0.15) is 13.2 Å². The van der Waals surface area contributed by atoms with Crippen LogP contribution in [0.4, 0.5) is 13.2 Å². The lowest BCUT2D eigenvalue weighted by Crippen LogP contribution is -2.18. The predicted molar refractivity (Wildman–Crippen MR) is 63.8 cm³/mol. The fourth-order valence-corrected chi connectivity index (χ4v) is 2.04. The van der Waals surface area contributed by atoms with Gasteiger partial charge >= 0.3 is 6.18 Å². The molecular formula is C12H11ClF3NO. The van der Waals surface area contributed by atoms with Crippen LogP contribution in [-0.2, 0) is 11.3 Å². The lowest BCUT2D eigenvalue weighted by molar-refractivity contribution is -0.174. The molecule has 1 aromatic carbocycles. The molecule has 0 N–H and O–H groups in total. The summed E-state index contributed by atoms with van der Waals surface area (Å²) in [6.45, 7) is -0.891. The highest BCUT2D eigenvalue weighted by molar-refractivity contribution is 6.35. The van der Waals surface area contributed by atoms with E-state index in [-0.39, 0.29) is 6.61 Å². The van der Waals surface area contributed by atoms with Crippen molar-refractivity contribution in [2.24, 2.45) is 0 Å². The zero-order valence-electron chi connectivity index (χ0n) is 9.38. The second-order valence-corrected chi connectivity index (χ2v) is 4.26. The summed E-state index contributed by atoms with van der Waals surface area (Å²) in [6.07, 6.45) is -2.50. The minimum Gasteiger partial charge on any atom is -0.370 e. The smallest absolute Gasteiger partial charge is 0.370 e. The molecule has 2 rings (SSSR count). The largest absolute Gasteiger partial charge is 0.411 e. The Balaban J connectivity index is 2.00. The molecule has 0 spiro atoms. The van der Waals surface area contributed by atoms with Crippen LogP contribution >= 0.6 is 11.6 Å². The van der Waals surface area contributed by atoms with Crippen molar-refractivity contribution in [2.75, 3.05) is 13.2 Å². The summed E-state index contributed by atoms with van der Waals surface area (Å²) in [5.74, 6) is 0. The summed E-state index contributed by atoms with van der Waals surface area (Å²) >= 11 is 6.05. The molecule has 1 heterocycles. The average Bonchev–Trinajstić information content (AvgIpc) is 2.68. The Morgan fingerprint density at radius 3 is 2.72 bits per heavy atom. The molecule has 0 atom stereocenters. The summed E-state index contributed by atoms with van der Waals surface area (Å²) in [4.78, 5) is 0. The first kappa shape index (κ1) is 13.2. The maximum absolute atomic E-state index is 11.9. The van der Waals surface area contributed by atoms with Gasteiger partial charge < -0.3 is 9.30 Å². The Bertz CT molecular complexity index is 536. The fourth-order valence-electron chi connectivity index (χ4n) is 1.75. The van der Waals surface area contributed by atoms with Crippen molar-refractivity contribution in [2.45, 2.75) is 12.7 Å². The van der Waals surface area contributed by atoms with Crippen LogP contribution < -0.4 is 0 Å². The maximum Gasteiger partial charge on any atom is 0.411 e. The van der Waals surface area contributed by atoms with Crippen molar-refractivity contribution < 1.29 is 17.9 Å². The van der Waals surface area contributed by atoms with Crippen molar-refractivity contribution >= 4 is 22.5 Å². The highest BCUT2D eigenvalue weighted by Crippen LogP contribution is 2.24. The molecule has 0 unspecified atom stereocenters. The lowest BCUT2D eigenvalue weighted by atomic mass is 10.2. The van der Waals surface area contributed by atoms with E-state index in [0.29, 0.717) is 11.6 Å². The number of halogens is 4. The third kappa shape index (κ3) is 3.17. The molecule has 0 bridgehead atoms. The molecular weight excluding hydrogens is 267 g/mol. The fraction of sp³-hybridized carbons (Fsp3) is 0.333. The Morgan fingerprint density at radius 1 is 1.22 bits per heavy atom.